The summed E-state index contributed by atoms with van der Waals surface area (Å²) in [7, 11) is -2.13. The van der Waals surface area contributed by atoms with Gasteiger partial charge in [0.1, 0.15) is 6.61 Å². The van der Waals surface area contributed by atoms with Gasteiger partial charge in [-0.05, 0) is 36.4 Å². The summed E-state index contributed by atoms with van der Waals surface area (Å²) in [4.78, 5) is 26.3. The molecule has 1 fully saturated rings. The summed E-state index contributed by atoms with van der Waals surface area (Å²) >= 11 is 0. The van der Waals surface area contributed by atoms with Crippen molar-refractivity contribution < 1.29 is 23.9 Å². The average Bonchev–Trinajstić information content (AvgIpc) is 3.05. The van der Waals surface area contributed by atoms with Gasteiger partial charge in [-0.25, -0.2) is 9.69 Å². The van der Waals surface area contributed by atoms with E-state index in [1.807, 2.05) is 27.7 Å². The number of hydrogen-bond donors (Lipinski definition) is 1. The van der Waals surface area contributed by atoms with Gasteiger partial charge in [-0.2, -0.15) is 0 Å². The van der Waals surface area contributed by atoms with Crippen LogP contribution in [-0.4, -0.2) is 55.2 Å². The molecule has 31 heavy (non-hydrogen) atoms. The van der Waals surface area contributed by atoms with Gasteiger partial charge in [0.05, 0.1) is 18.2 Å². The topological polar surface area (TPSA) is 76.1 Å². The highest BCUT2D eigenvalue weighted by molar-refractivity contribution is 6.77. The first-order chi connectivity index (χ1) is 14.2. The molecule has 0 unspecified atom stereocenters. The SMILES string of the molecule is C/C(=C\[C@H](C)[C@@H](O)[C@H](C)O[Si](C(C)C)(C(C)C)C(C)C)C(=O)N1C(=O)OC[C@@H]1C(C)C. The molecule has 0 radical (unpaired) electrons. The molecule has 0 bridgehead atoms. The van der Waals surface area contributed by atoms with Gasteiger partial charge < -0.3 is 14.3 Å². The van der Waals surface area contributed by atoms with Crippen LogP contribution in [0.5, 0.6) is 0 Å². The third-order valence-corrected chi connectivity index (χ3v) is 13.1. The monoisotopic (exact) mass is 455 g/mol. The molecule has 7 heteroatoms. The molecular formula is C24H45NO5Si. The van der Waals surface area contributed by atoms with Gasteiger partial charge >= 0.3 is 6.09 Å². The lowest BCUT2D eigenvalue weighted by atomic mass is 9.97. The number of imide groups is 1. The van der Waals surface area contributed by atoms with Crippen LogP contribution in [0, 0.1) is 11.8 Å². The maximum Gasteiger partial charge on any atom is 0.417 e. The summed E-state index contributed by atoms with van der Waals surface area (Å²) in [5.74, 6) is -0.543. The van der Waals surface area contributed by atoms with Crippen molar-refractivity contribution in [3.63, 3.8) is 0 Å². The van der Waals surface area contributed by atoms with Crippen LogP contribution in [0.3, 0.4) is 0 Å². The molecule has 0 aromatic heterocycles. The van der Waals surface area contributed by atoms with E-state index >= 15 is 0 Å². The Bertz CT molecular complexity index is 637. The minimum atomic E-state index is -2.13. The van der Waals surface area contributed by atoms with Gasteiger partial charge in [-0.1, -0.05) is 68.4 Å². The van der Waals surface area contributed by atoms with E-state index in [9.17, 15) is 14.7 Å². The second-order valence-electron chi connectivity index (χ2n) is 10.4. The van der Waals surface area contributed by atoms with E-state index in [2.05, 4.69) is 41.5 Å². The number of rotatable bonds is 10. The highest BCUT2D eigenvalue weighted by atomic mass is 28.4. The van der Waals surface area contributed by atoms with Crippen molar-refractivity contribution in [2.24, 2.45) is 11.8 Å². The Morgan fingerprint density at radius 1 is 1.06 bits per heavy atom. The molecule has 0 aromatic carbocycles. The van der Waals surface area contributed by atoms with Crippen molar-refractivity contribution in [1.29, 1.82) is 0 Å². The molecule has 1 saturated heterocycles. The Kier molecular flexibility index (Phi) is 9.97. The summed E-state index contributed by atoms with van der Waals surface area (Å²) in [6, 6.07) is -0.263. The lowest BCUT2D eigenvalue weighted by Crippen LogP contribution is -2.52. The van der Waals surface area contributed by atoms with Crippen molar-refractivity contribution in [2.45, 2.75) is 111 Å². The highest BCUT2D eigenvalue weighted by Gasteiger charge is 2.47. The fourth-order valence-electron chi connectivity index (χ4n) is 5.14. The van der Waals surface area contributed by atoms with Crippen LogP contribution in [0.25, 0.3) is 0 Å². The molecule has 0 aromatic rings. The van der Waals surface area contributed by atoms with Gasteiger partial charge in [0, 0.05) is 11.5 Å². The molecule has 180 valence electrons. The molecule has 4 atom stereocenters. The van der Waals surface area contributed by atoms with Crippen LogP contribution in [-0.2, 0) is 14.0 Å². The Hall–Kier alpha value is -1.18. The number of hydrogen-bond acceptors (Lipinski definition) is 5. The minimum absolute atomic E-state index is 0.112. The average molecular weight is 456 g/mol. The predicted octanol–water partition coefficient (Wildman–Crippen LogP) is 5.51. The lowest BCUT2D eigenvalue weighted by Gasteiger charge is -2.45. The zero-order valence-electron chi connectivity index (χ0n) is 21.4. The second kappa shape index (κ2) is 11.1. The maximum atomic E-state index is 12.9. The van der Waals surface area contributed by atoms with Crippen molar-refractivity contribution in [3.8, 4) is 0 Å². The molecule has 1 aliphatic rings. The third-order valence-electron chi connectivity index (χ3n) is 6.86. The van der Waals surface area contributed by atoms with Crippen LogP contribution < -0.4 is 0 Å². The van der Waals surface area contributed by atoms with Gasteiger partial charge in [0.2, 0.25) is 8.32 Å². The first kappa shape index (κ1) is 27.9. The Morgan fingerprint density at radius 2 is 1.55 bits per heavy atom. The molecule has 0 saturated carbocycles. The highest BCUT2D eigenvalue weighted by Crippen LogP contribution is 2.43. The predicted molar refractivity (Wildman–Crippen MR) is 127 cm³/mol. The number of carbonyl (C=O) groups is 2. The second-order valence-corrected chi connectivity index (χ2v) is 15.8. The molecule has 0 spiro atoms. The number of aliphatic hydroxyl groups excluding tert-OH is 1. The lowest BCUT2D eigenvalue weighted by molar-refractivity contribution is -0.125. The maximum absolute atomic E-state index is 12.9. The molecule has 6 nitrogen and oxygen atoms in total. The first-order valence-electron chi connectivity index (χ1n) is 11.7. The summed E-state index contributed by atoms with van der Waals surface area (Å²) in [5.41, 5.74) is 1.70. The fourth-order valence-corrected chi connectivity index (χ4v) is 10.7. The Labute approximate surface area is 190 Å². The Balaban J connectivity index is 3.01. The molecular weight excluding hydrogens is 410 g/mol. The third kappa shape index (κ3) is 5.99. The molecule has 1 heterocycles. The summed E-state index contributed by atoms with van der Waals surface area (Å²) in [6.07, 6.45) is 0.0487. The number of nitrogens with zero attached hydrogens (tertiary/aromatic N) is 1. The van der Waals surface area contributed by atoms with Crippen molar-refractivity contribution in [2.75, 3.05) is 6.61 Å². The summed E-state index contributed by atoms with van der Waals surface area (Å²) in [6.45, 7) is 23.0. The standard InChI is InChI=1S/C24H45NO5Si/c1-14(2)21-13-29-24(28)25(21)23(27)19(10)12-18(9)22(26)20(11)30-31(15(3)4,16(5)6)17(7)8/h12,14-18,20-22,26H,13H2,1-11H3/b19-12+/t18-,20-,21+,22+/m0/s1. The minimum Gasteiger partial charge on any atom is -0.447 e. The molecule has 2 amide bonds. The summed E-state index contributed by atoms with van der Waals surface area (Å²) in [5, 5.41) is 11.0. The fraction of sp³-hybridized carbons (Fsp3) is 0.833. The zero-order chi connectivity index (χ0) is 24.3. The van der Waals surface area contributed by atoms with E-state index < -0.39 is 20.5 Å². The quantitative estimate of drug-likeness (QED) is 0.347. The molecule has 1 rings (SSSR count). The van der Waals surface area contributed by atoms with Crippen molar-refractivity contribution in [3.05, 3.63) is 11.6 Å². The zero-order valence-corrected chi connectivity index (χ0v) is 22.4. The molecule has 1 aliphatic heterocycles. The van der Waals surface area contributed by atoms with Crippen molar-refractivity contribution >= 4 is 20.3 Å². The van der Waals surface area contributed by atoms with E-state index in [-0.39, 0.29) is 36.5 Å². The number of amides is 2. The smallest absolute Gasteiger partial charge is 0.417 e. The Morgan fingerprint density at radius 3 is 1.97 bits per heavy atom. The number of ether oxygens (including phenoxy) is 1. The van der Waals surface area contributed by atoms with Crippen LogP contribution in [0.15, 0.2) is 11.6 Å². The van der Waals surface area contributed by atoms with Crippen LogP contribution >= 0.6 is 0 Å². The largest absolute Gasteiger partial charge is 0.447 e. The van der Waals surface area contributed by atoms with E-state index in [0.717, 1.165) is 0 Å². The van der Waals surface area contributed by atoms with Gasteiger partial charge in [-0.15, -0.1) is 0 Å². The summed E-state index contributed by atoms with van der Waals surface area (Å²) < 4.78 is 11.8. The normalized spacial score (nSPS) is 21.3. The van der Waals surface area contributed by atoms with Crippen molar-refractivity contribution in [1.82, 2.24) is 4.90 Å². The van der Waals surface area contributed by atoms with Gasteiger partial charge in [-0.3, -0.25) is 4.79 Å². The van der Waals surface area contributed by atoms with Crippen LogP contribution in [0.2, 0.25) is 16.6 Å². The first-order valence-corrected chi connectivity index (χ1v) is 13.9. The van der Waals surface area contributed by atoms with E-state index in [4.69, 9.17) is 9.16 Å². The van der Waals surface area contributed by atoms with Gasteiger partial charge in [0.15, 0.2) is 0 Å². The van der Waals surface area contributed by atoms with E-state index in [1.165, 1.54) is 4.90 Å². The number of carbonyl (C=O) groups excluding carboxylic acids is 2. The number of cyclic esters (lactones) is 1. The van der Waals surface area contributed by atoms with Crippen LogP contribution in [0.1, 0.15) is 76.2 Å². The van der Waals surface area contributed by atoms with Gasteiger partial charge in [0.25, 0.3) is 5.91 Å². The molecule has 0 aliphatic carbocycles. The number of aliphatic hydroxyl groups is 1. The van der Waals surface area contributed by atoms with E-state index in [0.29, 0.717) is 22.2 Å². The van der Waals surface area contributed by atoms with Crippen LogP contribution in [0.4, 0.5) is 4.79 Å². The molecule has 1 N–H and O–H groups in total. The van der Waals surface area contributed by atoms with E-state index in [1.54, 1.807) is 13.0 Å².